The molecule has 14 heavy (non-hydrogen) atoms. The molecule has 0 aliphatic heterocycles. The average Bonchev–Trinajstić information content (AvgIpc) is 2.52. The van der Waals surface area contributed by atoms with Crippen LogP contribution in [0.1, 0.15) is 11.5 Å². The summed E-state index contributed by atoms with van der Waals surface area (Å²) >= 11 is 5.80. The van der Waals surface area contributed by atoms with Gasteiger partial charge in [0.1, 0.15) is 5.82 Å². The first kappa shape index (κ1) is 9.15. The van der Waals surface area contributed by atoms with Crippen LogP contribution >= 0.6 is 11.6 Å². The molecule has 2 aromatic heterocycles. The molecule has 0 radical (unpaired) electrons. The van der Waals surface area contributed by atoms with Crippen LogP contribution in [0.2, 0.25) is 5.02 Å². The molecule has 0 aliphatic carbocycles. The fraction of sp³-hybridized carbons (Fsp3) is 0.222. The molecule has 2 rings (SSSR count). The fourth-order valence-corrected chi connectivity index (χ4v) is 1.38. The molecule has 0 bridgehead atoms. The van der Waals surface area contributed by atoms with Crippen molar-refractivity contribution in [3.8, 4) is 0 Å². The van der Waals surface area contributed by atoms with Crippen molar-refractivity contribution in [3.05, 3.63) is 41.2 Å². The number of aromatic nitrogens is 4. The van der Waals surface area contributed by atoms with Crippen LogP contribution < -0.4 is 0 Å². The van der Waals surface area contributed by atoms with Crippen molar-refractivity contribution in [1.82, 2.24) is 19.7 Å². The Bertz CT molecular complexity index is 438. The molecule has 0 spiro atoms. The van der Waals surface area contributed by atoms with E-state index in [1.807, 2.05) is 17.7 Å². The molecule has 5 heteroatoms. The van der Waals surface area contributed by atoms with Gasteiger partial charge in [-0.1, -0.05) is 11.6 Å². The van der Waals surface area contributed by atoms with Crippen molar-refractivity contribution in [1.29, 1.82) is 0 Å². The van der Waals surface area contributed by atoms with Crippen LogP contribution in [-0.4, -0.2) is 19.7 Å². The Balaban J connectivity index is 2.23. The summed E-state index contributed by atoms with van der Waals surface area (Å²) in [4.78, 5) is 4.12. The van der Waals surface area contributed by atoms with Gasteiger partial charge in [0, 0.05) is 12.4 Å². The van der Waals surface area contributed by atoms with Crippen molar-refractivity contribution < 1.29 is 0 Å². The maximum atomic E-state index is 5.80. The fourth-order valence-electron chi connectivity index (χ4n) is 1.21. The summed E-state index contributed by atoms with van der Waals surface area (Å²) in [6, 6.07) is 1.80. The Hall–Kier alpha value is -1.42. The maximum Gasteiger partial charge on any atom is 0.105 e. The minimum atomic E-state index is 0.604. The summed E-state index contributed by atoms with van der Waals surface area (Å²) in [6.45, 7) is 2.59. The van der Waals surface area contributed by atoms with Gasteiger partial charge in [0.2, 0.25) is 0 Å². The third kappa shape index (κ3) is 1.90. The lowest BCUT2D eigenvalue weighted by Crippen LogP contribution is -2.03. The van der Waals surface area contributed by atoms with Gasteiger partial charge in [-0.2, -0.15) is 10.2 Å². The van der Waals surface area contributed by atoms with Crippen LogP contribution in [0.3, 0.4) is 0 Å². The first-order chi connectivity index (χ1) is 6.75. The molecule has 0 saturated carbocycles. The number of nitrogens with zero attached hydrogens (tertiary/aromatic N) is 4. The van der Waals surface area contributed by atoms with Gasteiger partial charge in [0.15, 0.2) is 0 Å². The zero-order valence-electron chi connectivity index (χ0n) is 7.68. The third-order valence-electron chi connectivity index (χ3n) is 1.93. The molecule has 72 valence electrons. The Morgan fingerprint density at radius 1 is 1.50 bits per heavy atom. The van der Waals surface area contributed by atoms with Gasteiger partial charge < -0.3 is 4.57 Å². The zero-order valence-corrected chi connectivity index (χ0v) is 8.44. The zero-order chi connectivity index (χ0) is 9.97. The topological polar surface area (TPSA) is 43.6 Å². The van der Waals surface area contributed by atoms with Gasteiger partial charge >= 0.3 is 0 Å². The number of rotatable bonds is 2. The van der Waals surface area contributed by atoms with E-state index in [9.17, 15) is 0 Å². The second-order valence-corrected chi connectivity index (χ2v) is 3.40. The summed E-state index contributed by atoms with van der Waals surface area (Å²) in [5.41, 5.74) is 0.832. The lowest BCUT2D eigenvalue weighted by molar-refractivity contribution is 0.726. The number of aryl methyl sites for hydroxylation is 1. The van der Waals surface area contributed by atoms with E-state index in [2.05, 4.69) is 15.2 Å². The van der Waals surface area contributed by atoms with Gasteiger partial charge in [-0.15, -0.1) is 0 Å². The van der Waals surface area contributed by atoms with Crippen LogP contribution in [0.25, 0.3) is 0 Å². The number of hydrogen-bond acceptors (Lipinski definition) is 3. The van der Waals surface area contributed by atoms with Crippen molar-refractivity contribution in [2.24, 2.45) is 0 Å². The standard InChI is InChI=1S/C9H9ClN4/c1-7-11-2-3-14(7)6-9-4-8(10)5-12-13-9/h2-5H,6H2,1H3. The molecule has 0 saturated heterocycles. The Morgan fingerprint density at radius 3 is 3.00 bits per heavy atom. The molecule has 0 fully saturated rings. The summed E-state index contributed by atoms with van der Waals surface area (Å²) in [7, 11) is 0. The monoisotopic (exact) mass is 208 g/mol. The Kier molecular flexibility index (Phi) is 2.45. The third-order valence-corrected chi connectivity index (χ3v) is 2.13. The van der Waals surface area contributed by atoms with Crippen molar-refractivity contribution in [2.45, 2.75) is 13.5 Å². The summed E-state index contributed by atoms with van der Waals surface area (Å²) in [5.74, 6) is 0.951. The van der Waals surface area contributed by atoms with E-state index in [-0.39, 0.29) is 0 Å². The van der Waals surface area contributed by atoms with E-state index >= 15 is 0 Å². The van der Waals surface area contributed by atoms with Crippen LogP contribution in [-0.2, 0) is 6.54 Å². The summed E-state index contributed by atoms with van der Waals surface area (Å²) in [5, 5.41) is 8.36. The van der Waals surface area contributed by atoms with Crippen molar-refractivity contribution in [2.75, 3.05) is 0 Å². The summed E-state index contributed by atoms with van der Waals surface area (Å²) in [6.07, 6.45) is 5.18. The first-order valence-electron chi connectivity index (χ1n) is 4.20. The van der Waals surface area contributed by atoms with Gasteiger partial charge in [-0.05, 0) is 13.0 Å². The highest BCUT2D eigenvalue weighted by Crippen LogP contribution is 2.08. The Morgan fingerprint density at radius 2 is 2.36 bits per heavy atom. The van der Waals surface area contributed by atoms with E-state index in [1.54, 1.807) is 12.3 Å². The van der Waals surface area contributed by atoms with E-state index < -0.39 is 0 Å². The highest BCUT2D eigenvalue weighted by Gasteiger charge is 2.00. The maximum absolute atomic E-state index is 5.80. The van der Waals surface area contributed by atoms with E-state index in [0.29, 0.717) is 11.6 Å². The molecule has 0 aromatic carbocycles. The second-order valence-electron chi connectivity index (χ2n) is 2.97. The molecule has 0 N–H and O–H groups in total. The second kappa shape index (κ2) is 3.75. The lowest BCUT2D eigenvalue weighted by Gasteiger charge is -2.03. The molecule has 0 atom stereocenters. The van der Waals surface area contributed by atoms with Gasteiger partial charge in [0.05, 0.1) is 23.5 Å². The highest BCUT2D eigenvalue weighted by molar-refractivity contribution is 6.30. The van der Waals surface area contributed by atoms with Crippen LogP contribution in [0.15, 0.2) is 24.7 Å². The quantitative estimate of drug-likeness (QED) is 0.754. The molecular formula is C9H9ClN4. The van der Waals surface area contributed by atoms with E-state index in [4.69, 9.17) is 11.6 Å². The average molecular weight is 209 g/mol. The Labute approximate surface area is 86.6 Å². The predicted molar refractivity (Wildman–Crippen MR) is 53.1 cm³/mol. The molecule has 2 heterocycles. The van der Waals surface area contributed by atoms with Crippen LogP contribution in [0, 0.1) is 6.92 Å². The highest BCUT2D eigenvalue weighted by atomic mass is 35.5. The lowest BCUT2D eigenvalue weighted by atomic mass is 10.4. The minimum absolute atomic E-state index is 0.604. The smallest absolute Gasteiger partial charge is 0.105 e. The van der Waals surface area contributed by atoms with Gasteiger partial charge in [-0.3, -0.25) is 0 Å². The minimum Gasteiger partial charge on any atom is -0.329 e. The van der Waals surface area contributed by atoms with Gasteiger partial charge in [-0.25, -0.2) is 4.98 Å². The normalized spacial score (nSPS) is 10.4. The largest absolute Gasteiger partial charge is 0.329 e. The van der Waals surface area contributed by atoms with Crippen LogP contribution in [0.5, 0.6) is 0 Å². The number of hydrogen-bond donors (Lipinski definition) is 0. The SMILES string of the molecule is Cc1nccn1Cc1cc(Cl)cnn1. The molecule has 0 aliphatic rings. The molecule has 2 aromatic rings. The first-order valence-corrected chi connectivity index (χ1v) is 4.58. The predicted octanol–water partition coefficient (Wildman–Crippen LogP) is 1.68. The molecule has 4 nitrogen and oxygen atoms in total. The molecule has 0 amide bonds. The molecule has 0 unspecified atom stereocenters. The summed E-state index contributed by atoms with van der Waals surface area (Å²) < 4.78 is 1.99. The van der Waals surface area contributed by atoms with Crippen molar-refractivity contribution >= 4 is 11.6 Å². The number of halogens is 1. The van der Waals surface area contributed by atoms with Crippen LogP contribution in [0.4, 0.5) is 0 Å². The van der Waals surface area contributed by atoms with E-state index in [1.165, 1.54) is 6.20 Å². The number of imidazole rings is 1. The van der Waals surface area contributed by atoms with Crippen molar-refractivity contribution in [3.63, 3.8) is 0 Å². The van der Waals surface area contributed by atoms with E-state index in [0.717, 1.165) is 11.5 Å². The van der Waals surface area contributed by atoms with Gasteiger partial charge in [0.25, 0.3) is 0 Å². The molecular weight excluding hydrogens is 200 g/mol.